The maximum Gasteiger partial charge on any atom is 0.0409 e. The molecule has 1 N–H and O–H groups in total. The molecule has 118 valence electrons. The molecule has 0 radical (unpaired) electrons. The van der Waals surface area contributed by atoms with Crippen LogP contribution < -0.4 is 0 Å². The first-order chi connectivity index (χ1) is 9.35. The summed E-state index contributed by atoms with van der Waals surface area (Å²) in [5.74, 6) is 0.811. The van der Waals surface area contributed by atoms with Crippen LogP contribution in [0.1, 0.15) is 91.9 Å². The van der Waals surface area contributed by atoms with Gasteiger partial charge in [0.05, 0.1) is 0 Å². The third-order valence-electron chi connectivity index (χ3n) is 5.98. The molecule has 2 fully saturated rings. The van der Waals surface area contributed by atoms with Crippen molar-refractivity contribution in [3.63, 3.8) is 0 Å². The van der Waals surface area contributed by atoms with Crippen LogP contribution >= 0.6 is 0 Å². The zero-order chi connectivity index (χ0) is 14.8. The predicted molar refractivity (Wildman–Crippen MR) is 84.9 cm³/mol. The van der Waals surface area contributed by atoms with Crippen molar-refractivity contribution in [2.75, 3.05) is 0 Å². The van der Waals surface area contributed by atoms with Gasteiger partial charge in [-0.05, 0) is 84.0 Å². The lowest BCUT2D eigenvalue weighted by atomic mass is 9.62. The Morgan fingerprint density at radius 1 is 1.05 bits per heavy atom. The Labute approximate surface area is 125 Å². The van der Waals surface area contributed by atoms with E-state index in [4.69, 9.17) is 0 Å². The molecule has 0 unspecified atom stereocenters. The van der Waals surface area contributed by atoms with Crippen LogP contribution in [0.15, 0.2) is 0 Å². The van der Waals surface area contributed by atoms with E-state index in [0.29, 0.717) is 0 Å². The summed E-state index contributed by atoms with van der Waals surface area (Å²) in [7, 11) is 0. The Morgan fingerprint density at radius 2 is 1.60 bits per heavy atom. The van der Waals surface area contributed by atoms with Crippen LogP contribution in [0.3, 0.4) is 0 Å². The highest BCUT2D eigenvalue weighted by molar-refractivity contribution is 4.90. The predicted octanol–water partition coefficient (Wildman–Crippen LogP) is 5.40. The van der Waals surface area contributed by atoms with Gasteiger partial charge in [0.2, 0.25) is 0 Å². The van der Waals surface area contributed by atoms with E-state index in [0.717, 1.165) is 17.8 Å². The van der Waals surface area contributed by atoms with Crippen LogP contribution in [0.5, 0.6) is 0 Å². The second-order valence-corrected chi connectivity index (χ2v) is 8.46. The second-order valence-electron chi connectivity index (χ2n) is 8.46. The average Bonchev–Trinajstić information content (AvgIpc) is 2.41. The molecule has 2 rings (SSSR count). The SMILES string of the molecule is CC(C)N(O)C(C)(C)CC1CCC2(CCCCC2)CC1. The summed E-state index contributed by atoms with van der Waals surface area (Å²) >= 11 is 0. The quantitative estimate of drug-likeness (QED) is 0.698. The van der Waals surface area contributed by atoms with Crippen molar-refractivity contribution < 1.29 is 5.21 Å². The Kier molecular flexibility index (Phi) is 5.18. The van der Waals surface area contributed by atoms with E-state index in [9.17, 15) is 5.21 Å². The monoisotopic (exact) mass is 281 g/mol. The molecule has 2 aliphatic carbocycles. The molecule has 0 aromatic heterocycles. The van der Waals surface area contributed by atoms with Crippen molar-refractivity contribution in [1.29, 1.82) is 0 Å². The highest BCUT2D eigenvalue weighted by Gasteiger charge is 2.38. The van der Waals surface area contributed by atoms with Crippen LogP contribution in [0, 0.1) is 11.3 Å². The average molecular weight is 281 g/mol. The van der Waals surface area contributed by atoms with Gasteiger partial charge in [0.25, 0.3) is 0 Å². The zero-order valence-corrected chi connectivity index (χ0v) is 14.1. The minimum atomic E-state index is -0.0874. The van der Waals surface area contributed by atoms with Crippen LogP contribution in [-0.4, -0.2) is 21.9 Å². The summed E-state index contributed by atoms with van der Waals surface area (Å²) in [5.41, 5.74) is 0.631. The summed E-state index contributed by atoms with van der Waals surface area (Å²) < 4.78 is 0. The van der Waals surface area contributed by atoms with Gasteiger partial charge in [-0.15, -0.1) is 0 Å². The van der Waals surface area contributed by atoms with Gasteiger partial charge in [-0.1, -0.05) is 19.3 Å². The minimum Gasteiger partial charge on any atom is -0.313 e. The maximum absolute atomic E-state index is 10.3. The van der Waals surface area contributed by atoms with Crippen LogP contribution in [-0.2, 0) is 0 Å². The lowest BCUT2D eigenvalue weighted by molar-refractivity contribution is -0.191. The summed E-state index contributed by atoms with van der Waals surface area (Å²) in [6.07, 6.45) is 14.2. The lowest BCUT2D eigenvalue weighted by Crippen LogP contribution is -2.47. The molecule has 1 spiro atoms. The Bertz CT molecular complexity index is 295. The molecule has 0 atom stereocenters. The summed E-state index contributed by atoms with van der Waals surface area (Å²) in [6, 6.07) is 0.207. The van der Waals surface area contributed by atoms with E-state index in [1.807, 2.05) is 0 Å². The number of nitrogens with zero attached hydrogens (tertiary/aromatic N) is 1. The Balaban J connectivity index is 1.84. The normalized spacial score (nSPS) is 24.8. The van der Waals surface area contributed by atoms with Gasteiger partial charge in [-0.3, -0.25) is 0 Å². The molecule has 2 aliphatic rings. The molecule has 2 nitrogen and oxygen atoms in total. The number of hydroxylamine groups is 2. The summed E-state index contributed by atoms with van der Waals surface area (Å²) in [6.45, 7) is 8.52. The van der Waals surface area contributed by atoms with Crippen molar-refractivity contribution in [3.8, 4) is 0 Å². The van der Waals surface area contributed by atoms with E-state index < -0.39 is 0 Å². The van der Waals surface area contributed by atoms with Crippen molar-refractivity contribution in [2.45, 2.75) is 103 Å². The fraction of sp³-hybridized carbons (Fsp3) is 1.00. The molecule has 0 heterocycles. The van der Waals surface area contributed by atoms with Gasteiger partial charge in [-0.2, -0.15) is 5.06 Å². The fourth-order valence-electron chi connectivity index (χ4n) is 4.79. The molecular formula is C18H35NO. The first kappa shape index (κ1) is 16.3. The van der Waals surface area contributed by atoms with Crippen molar-refractivity contribution >= 4 is 0 Å². The first-order valence-electron chi connectivity index (χ1n) is 8.83. The first-order valence-corrected chi connectivity index (χ1v) is 8.83. The van der Waals surface area contributed by atoms with Crippen LogP contribution in [0.25, 0.3) is 0 Å². The van der Waals surface area contributed by atoms with Crippen molar-refractivity contribution in [2.24, 2.45) is 11.3 Å². The van der Waals surface area contributed by atoms with Gasteiger partial charge in [-0.25, -0.2) is 0 Å². The smallest absolute Gasteiger partial charge is 0.0409 e. The zero-order valence-electron chi connectivity index (χ0n) is 14.1. The molecule has 0 bridgehead atoms. The molecule has 0 saturated heterocycles. The standard InChI is InChI=1S/C18H35NO/c1-15(2)19(20)17(3,4)14-16-8-12-18(13-9-16)10-6-5-7-11-18/h15-16,20H,5-14H2,1-4H3. The van der Waals surface area contributed by atoms with Crippen molar-refractivity contribution in [3.05, 3.63) is 0 Å². The number of rotatable bonds is 4. The Morgan fingerprint density at radius 3 is 2.10 bits per heavy atom. The van der Waals surface area contributed by atoms with Gasteiger partial charge < -0.3 is 5.21 Å². The van der Waals surface area contributed by atoms with Crippen LogP contribution in [0.2, 0.25) is 0 Å². The third kappa shape index (κ3) is 3.76. The van der Waals surface area contributed by atoms with Gasteiger partial charge >= 0.3 is 0 Å². The maximum atomic E-state index is 10.3. The molecule has 2 saturated carbocycles. The summed E-state index contributed by atoms with van der Waals surface area (Å²) in [4.78, 5) is 0. The van der Waals surface area contributed by atoms with E-state index in [2.05, 4.69) is 27.7 Å². The molecule has 0 amide bonds. The fourth-order valence-corrected chi connectivity index (χ4v) is 4.79. The molecule has 20 heavy (non-hydrogen) atoms. The van der Waals surface area contributed by atoms with Gasteiger partial charge in [0.15, 0.2) is 0 Å². The lowest BCUT2D eigenvalue weighted by Gasteiger charge is -2.45. The largest absolute Gasteiger partial charge is 0.313 e. The highest BCUT2D eigenvalue weighted by Crippen LogP contribution is 2.50. The third-order valence-corrected chi connectivity index (χ3v) is 5.98. The summed E-state index contributed by atoms with van der Waals surface area (Å²) in [5, 5.41) is 11.8. The van der Waals surface area contributed by atoms with E-state index in [-0.39, 0.29) is 11.6 Å². The molecule has 0 aliphatic heterocycles. The topological polar surface area (TPSA) is 23.5 Å². The van der Waals surface area contributed by atoms with E-state index in [1.54, 1.807) is 5.06 Å². The number of hydrogen-bond donors (Lipinski definition) is 1. The molecule has 0 aromatic rings. The van der Waals surface area contributed by atoms with E-state index in [1.165, 1.54) is 57.8 Å². The van der Waals surface area contributed by atoms with Gasteiger partial charge in [0.1, 0.15) is 0 Å². The molecule has 0 aromatic carbocycles. The minimum absolute atomic E-state index is 0.0874. The van der Waals surface area contributed by atoms with Gasteiger partial charge in [0, 0.05) is 11.6 Å². The second kappa shape index (κ2) is 6.36. The highest BCUT2D eigenvalue weighted by atomic mass is 16.5. The van der Waals surface area contributed by atoms with Crippen LogP contribution in [0.4, 0.5) is 0 Å². The molecular weight excluding hydrogens is 246 g/mol. The van der Waals surface area contributed by atoms with Crippen molar-refractivity contribution in [1.82, 2.24) is 5.06 Å². The molecule has 2 heteroatoms. The Hall–Kier alpha value is -0.0800. The van der Waals surface area contributed by atoms with E-state index >= 15 is 0 Å². The number of hydrogen-bond acceptors (Lipinski definition) is 2.